The SMILES string of the molecule is Cc1ccc(C(=O)NC2CC2)cc1NCc1ccc(C(N)=O)cc1[N+](=O)[O-]. The van der Waals surface area contributed by atoms with Crippen molar-refractivity contribution in [1.29, 1.82) is 0 Å². The fourth-order valence-corrected chi connectivity index (χ4v) is 2.68. The molecule has 140 valence electrons. The van der Waals surface area contributed by atoms with E-state index in [1.807, 2.05) is 13.0 Å². The topological polar surface area (TPSA) is 127 Å². The number of carbonyl (C=O) groups is 2. The van der Waals surface area contributed by atoms with Crippen LogP contribution in [0.25, 0.3) is 0 Å². The predicted molar refractivity (Wildman–Crippen MR) is 101 cm³/mol. The lowest BCUT2D eigenvalue weighted by Gasteiger charge is -2.12. The molecule has 2 aromatic carbocycles. The second kappa shape index (κ2) is 7.45. The minimum Gasteiger partial charge on any atom is -0.380 e. The van der Waals surface area contributed by atoms with Crippen molar-refractivity contribution in [3.63, 3.8) is 0 Å². The summed E-state index contributed by atoms with van der Waals surface area (Å²) in [6, 6.07) is 9.71. The van der Waals surface area contributed by atoms with Crippen LogP contribution in [0.15, 0.2) is 36.4 Å². The van der Waals surface area contributed by atoms with Crippen LogP contribution in [0, 0.1) is 17.0 Å². The number of anilines is 1. The zero-order valence-corrected chi connectivity index (χ0v) is 14.8. The summed E-state index contributed by atoms with van der Waals surface area (Å²) in [7, 11) is 0. The number of nitrogens with two attached hydrogens (primary N) is 1. The Hall–Kier alpha value is -3.42. The number of nitrogens with zero attached hydrogens (tertiary/aromatic N) is 1. The smallest absolute Gasteiger partial charge is 0.275 e. The molecule has 2 amide bonds. The number of carbonyl (C=O) groups excluding carboxylic acids is 2. The monoisotopic (exact) mass is 368 g/mol. The third kappa shape index (κ3) is 4.41. The number of nitro groups is 1. The molecule has 3 rings (SSSR count). The molecule has 0 saturated heterocycles. The Morgan fingerprint density at radius 2 is 1.89 bits per heavy atom. The maximum atomic E-state index is 12.2. The van der Waals surface area contributed by atoms with Crippen LogP contribution < -0.4 is 16.4 Å². The fraction of sp³-hybridized carbons (Fsp3) is 0.263. The van der Waals surface area contributed by atoms with Crippen LogP contribution in [0.5, 0.6) is 0 Å². The van der Waals surface area contributed by atoms with Crippen molar-refractivity contribution in [2.24, 2.45) is 5.73 Å². The molecular formula is C19H20N4O4. The Kier molecular flexibility index (Phi) is 5.07. The summed E-state index contributed by atoms with van der Waals surface area (Å²) in [5.74, 6) is -0.847. The van der Waals surface area contributed by atoms with Crippen molar-refractivity contribution in [3.05, 3.63) is 68.8 Å². The predicted octanol–water partition coefficient (Wildman–Crippen LogP) is 2.51. The second-order valence-electron chi connectivity index (χ2n) is 6.60. The van der Waals surface area contributed by atoms with Gasteiger partial charge in [0.05, 0.1) is 4.92 Å². The third-order valence-corrected chi connectivity index (χ3v) is 4.45. The number of primary amides is 1. The van der Waals surface area contributed by atoms with E-state index in [0.717, 1.165) is 18.4 Å². The third-order valence-electron chi connectivity index (χ3n) is 4.45. The van der Waals surface area contributed by atoms with Gasteiger partial charge < -0.3 is 16.4 Å². The van der Waals surface area contributed by atoms with Gasteiger partial charge in [0.2, 0.25) is 5.91 Å². The van der Waals surface area contributed by atoms with Crippen molar-refractivity contribution < 1.29 is 14.5 Å². The van der Waals surface area contributed by atoms with Gasteiger partial charge in [0, 0.05) is 41.0 Å². The average molecular weight is 368 g/mol. The van der Waals surface area contributed by atoms with E-state index >= 15 is 0 Å². The van der Waals surface area contributed by atoms with E-state index < -0.39 is 10.8 Å². The van der Waals surface area contributed by atoms with Gasteiger partial charge in [0.25, 0.3) is 11.6 Å². The van der Waals surface area contributed by atoms with Crippen LogP contribution in [0.1, 0.15) is 44.7 Å². The molecule has 8 nitrogen and oxygen atoms in total. The van der Waals surface area contributed by atoms with Gasteiger partial charge in [0.15, 0.2) is 0 Å². The van der Waals surface area contributed by atoms with Crippen LogP contribution in [0.2, 0.25) is 0 Å². The van der Waals surface area contributed by atoms with E-state index in [4.69, 9.17) is 5.73 Å². The van der Waals surface area contributed by atoms with Crippen LogP contribution in [0.3, 0.4) is 0 Å². The van der Waals surface area contributed by atoms with Gasteiger partial charge >= 0.3 is 0 Å². The Balaban J connectivity index is 1.78. The van der Waals surface area contributed by atoms with Crippen LogP contribution in [0.4, 0.5) is 11.4 Å². The molecule has 27 heavy (non-hydrogen) atoms. The Morgan fingerprint density at radius 1 is 1.19 bits per heavy atom. The number of rotatable bonds is 7. The quantitative estimate of drug-likeness (QED) is 0.511. The van der Waals surface area contributed by atoms with Crippen LogP contribution in [-0.2, 0) is 6.54 Å². The van der Waals surface area contributed by atoms with Gasteiger partial charge in [-0.1, -0.05) is 6.07 Å². The highest BCUT2D eigenvalue weighted by atomic mass is 16.6. The van der Waals surface area contributed by atoms with Gasteiger partial charge in [0.1, 0.15) is 0 Å². The van der Waals surface area contributed by atoms with Crippen molar-refractivity contribution in [1.82, 2.24) is 5.32 Å². The van der Waals surface area contributed by atoms with Gasteiger partial charge in [-0.3, -0.25) is 19.7 Å². The van der Waals surface area contributed by atoms with Gasteiger partial charge in [-0.25, -0.2) is 0 Å². The molecule has 0 atom stereocenters. The molecule has 0 radical (unpaired) electrons. The summed E-state index contributed by atoms with van der Waals surface area (Å²) in [5.41, 5.74) is 7.66. The highest BCUT2D eigenvalue weighted by Gasteiger charge is 2.24. The van der Waals surface area contributed by atoms with Crippen molar-refractivity contribution >= 4 is 23.2 Å². The number of benzene rings is 2. The first-order valence-corrected chi connectivity index (χ1v) is 8.57. The normalized spacial score (nSPS) is 13.1. The molecule has 1 aliphatic rings. The molecule has 0 aliphatic heterocycles. The molecule has 8 heteroatoms. The number of nitrogens with one attached hydrogen (secondary N) is 2. The Morgan fingerprint density at radius 3 is 2.52 bits per heavy atom. The summed E-state index contributed by atoms with van der Waals surface area (Å²) >= 11 is 0. The first-order chi connectivity index (χ1) is 12.8. The zero-order valence-electron chi connectivity index (χ0n) is 14.8. The maximum absolute atomic E-state index is 12.2. The Bertz CT molecular complexity index is 922. The minimum atomic E-state index is -0.720. The first-order valence-electron chi connectivity index (χ1n) is 8.57. The summed E-state index contributed by atoms with van der Waals surface area (Å²) in [6.45, 7) is 2.05. The summed E-state index contributed by atoms with van der Waals surface area (Å²) < 4.78 is 0. The molecule has 0 aromatic heterocycles. The number of amides is 2. The van der Waals surface area contributed by atoms with Gasteiger partial charge in [-0.2, -0.15) is 0 Å². The Labute approximate surface area is 155 Å². The van der Waals surface area contributed by atoms with Crippen LogP contribution >= 0.6 is 0 Å². The van der Waals surface area contributed by atoms with E-state index in [9.17, 15) is 19.7 Å². The summed E-state index contributed by atoms with van der Waals surface area (Å²) in [6.07, 6.45) is 2.02. The molecule has 0 unspecified atom stereocenters. The molecule has 4 N–H and O–H groups in total. The maximum Gasteiger partial charge on any atom is 0.275 e. The van der Waals surface area contributed by atoms with E-state index in [-0.39, 0.29) is 29.7 Å². The number of nitro benzene ring substituents is 1. The highest BCUT2D eigenvalue weighted by Crippen LogP contribution is 2.24. The minimum absolute atomic E-state index is 0.0837. The molecule has 0 spiro atoms. The van der Waals surface area contributed by atoms with Crippen LogP contribution in [-0.4, -0.2) is 22.8 Å². The van der Waals surface area contributed by atoms with Crippen molar-refractivity contribution in [3.8, 4) is 0 Å². The van der Waals surface area contributed by atoms with E-state index in [0.29, 0.717) is 16.8 Å². The molecule has 0 bridgehead atoms. The lowest BCUT2D eigenvalue weighted by molar-refractivity contribution is -0.385. The lowest BCUT2D eigenvalue weighted by Crippen LogP contribution is -2.25. The zero-order chi connectivity index (χ0) is 19.6. The van der Waals surface area contributed by atoms with Gasteiger partial charge in [-0.15, -0.1) is 0 Å². The van der Waals surface area contributed by atoms with E-state index in [1.165, 1.54) is 18.2 Å². The molecule has 0 heterocycles. The molecule has 1 fully saturated rings. The largest absolute Gasteiger partial charge is 0.380 e. The highest BCUT2D eigenvalue weighted by molar-refractivity contribution is 5.95. The number of hydrogen-bond acceptors (Lipinski definition) is 5. The van der Waals surface area contributed by atoms with Gasteiger partial charge in [-0.05, 0) is 49.6 Å². The average Bonchev–Trinajstić information content (AvgIpc) is 3.44. The fourth-order valence-electron chi connectivity index (χ4n) is 2.68. The molecule has 1 aliphatic carbocycles. The van der Waals surface area contributed by atoms with Crippen molar-refractivity contribution in [2.45, 2.75) is 32.4 Å². The summed E-state index contributed by atoms with van der Waals surface area (Å²) in [5, 5.41) is 17.4. The summed E-state index contributed by atoms with van der Waals surface area (Å²) in [4.78, 5) is 34.2. The van der Waals surface area contributed by atoms with E-state index in [1.54, 1.807) is 12.1 Å². The first kappa shape index (κ1) is 18.4. The molecule has 1 saturated carbocycles. The van der Waals surface area contributed by atoms with E-state index in [2.05, 4.69) is 10.6 Å². The lowest BCUT2D eigenvalue weighted by atomic mass is 10.1. The second-order valence-corrected chi connectivity index (χ2v) is 6.60. The number of hydrogen-bond donors (Lipinski definition) is 3. The van der Waals surface area contributed by atoms with Crippen molar-refractivity contribution in [2.75, 3.05) is 5.32 Å². The number of aryl methyl sites for hydroxylation is 1. The molecule has 2 aromatic rings. The molecular weight excluding hydrogens is 348 g/mol. The standard InChI is InChI=1S/C19H20N4O4/c1-11-2-3-13(19(25)22-15-6-7-15)8-16(11)21-10-14-5-4-12(18(20)24)9-17(14)23(26)27/h2-5,8-9,15,21H,6-7,10H2,1H3,(H2,20,24)(H,22,25).